The summed E-state index contributed by atoms with van der Waals surface area (Å²) in [7, 11) is 0. The number of hydrogen-bond acceptors (Lipinski definition) is 3. The third kappa shape index (κ3) is 6.33. The SMILES string of the molecule is CC(C)OCCCNC(=O)C(=O)Nc1c(Cl)cccc1Cl. The predicted octanol–water partition coefficient (Wildman–Crippen LogP) is 2.86. The van der Waals surface area contributed by atoms with Crippen LogP contribution in [-0.4, -0.2) is 31.1 Å². The first-order chi connectivity index (χ1) is 9.91. The van der Waals surface area contributed by atoms with Gasteiger partial charge in [-0.2, -0.15) is 0 Å². The van der Waals surface area contributed by atoms with E-state index in [0.29, 0.717) is 19.6 Å². The number of rotatable bonds is 6. The summed E-state index contributed by atoms with van der Waals surface area (Å²) in [6.45, 7) is 4.74. The van der Waals surface area contributed by atoms with E-state index in [1.54, 1.807) is 18.2 Å². The van der Waals surface area contributed by atoms with E-state index in [-0.39, 0.29) is 21.8 Å². The maximum atomic E-state index is 11.7. The fourth-order valence-corrected chi connectivity index (χ4v) is 1.95. The van der Waals surface area contributed by atoms with Crippen molar-refractivity contribution in [2.24, 2.45) is 0 Å². The molecule has 5 nitrogen and oxygen atoms in total. The third-order valence-electron chi connectivity index (χ3n) is 2.47. The van der Waals surface area contributed by atoms with Crippen molar-refractivity contribution < 1.29 is 14.3 Å². The normalized spacial score (nSPS) is 10.5. The molecule has 1 aromatic rings. The third-order valence-corrected chi connectivity index (χ3v) is 3.10. The number of benzene rings is 1. The first-order valence-corrected chi connectivity index (χ1v) is 7.32. The Morgan fingerprint density at radius 3 is 2.38 bits per heavy atom. The molecular formula is C14H18Cl2N2O3. The van der Waals surface area contributed by atoms with Crippen molar-refractivity contribution >= 4 is 40.7 Å². The zero-order valence-electron chi connectivity index (χ0n) is 11.9. The second-order valence-corrected chi connectivity index (χ2v) is 5.39. The van der Waals surface area contributed by atoms with Gasteiger partial charge in [-0.05, 0) is 32.4 Å². The van der Waals surface area contributed by atoms with Gasteiger partial charge in [0, 0.05) is 13.2 Å². The standard InChI is InChI=1S/C14H18Cl2N2O3/c1-9(2)21-8-4-7-17-13(19)14(20)18-12-10(15)5-3-6-11(12)16/h3,5-6,9H,4,7-8H2,1-2H3,(H,17,19)(H,18,20). The summed E-state index contributed by atoms with van der Waals surface area (Å²) in [5.41, 5.74) is 0.226. The first kappa shape index (κ1) is 17.8. The van der Waals surface area contributed by atoms with Crippen LogP contribution in [0.3, 0.4) is 0 Å². The van der Waals surface area contributed by atoms with E-state index in [9.17, 15) is 9.59 Å². The van der Waals surface area contributed by atoms with E-state index < -0.39 is 11.8 Å². The Labute approximate surface area is 133 Å². The van der Waals surface area contributed by atoms with Gasteiger partial charge in [0.1, 0.15) is 0 Å². The van der Waals surface area contributed by atoms with E-state index in [1.165, 1.54) is 0 Å². The molecule has 116 valence electrons. The van der Waals surface area contributed by atoms with Crippen molar-refractivity contribution in [2.75, 3.05) is 18.5 Å². The van der Waals surface area contributed by atoms with Crippen molar-refractivity contribution in [1.29, 1.82) is 0 Å². The molecule has 7 heteroatoms. The maximum Gasteiger partial charge on any atom is 0.313 e. The molecule has 0 saturated heterocycles. The van der Waals surface area contributed by atoms with Crippen LogP contribution in [0.5, 0.6) is 0 Å². The van der Waals surface area contributed by atoms with Gasteiger partial charge in [-0.3, -0.25) is 9.59 Å². The highest BCUT2D eigenvalue weighted by Gasteiger charge is 2.16. The van der Waals surface area contributed by atoms with Crippen molar-refractivity contribution in [3.63, 3.8) is 0 Å². The van der Waals surface area contributed by atoms with Gasteiger partial charge in [-0.25, -0.2) is 0 Å². The van der Waals surface area contributed by atoms with Crippen molar-refractivity contribution in [3.05, 3.63) is 28.2 Å². The molecule has 2 N–H and O–H groups in total. The molecule has 0 radical (unpaired) electrons. The minimum atomic E-state index is -0.810. The summed E-state index contributed by atoms with van der Waals surface area (Å²) in [5, 5.41) is 5.43. The number of para-hydroxylation sites is 1. The lowest BCUT2D eigenvalue weighted by Gasteiger charge is -2.10. The van der Waals surface area contributed by atoms with E-state index in [0.717, 1.165) is 0 Å². The molecule has 0 heterocycles. The number of nitrogens with one attached hydrogen (secondary N) is 2. The first-order valence-electron chi connectivity index (χ1n) is 6.56. The van der Waals surface area contributed by atoms with Crippen LogP contribution in [0.4, 0.5) is 5.69 Å². The Balaban J connectivity index is 2.40. The summed E-state index contributed by atoms with van der Waals surface area (Å²) < 4.78 is 5.32. The fraction of sp³-hybridized carbons (Fsp3) is 0.429. The minimum Gasteiger partial charge on any atom is -0.379 e. The van der Waals surface area contributed by atoms with Crippen LogP contribution in [0.15, 0.2) is 18.2 Å². The van der Waals surface area contributed by atoms with E-state index in [1.807, 2.05) is 13.8 Å². The molecule has 0 saturated carbocycles. The zero-order chi connectivity index (χ0) is 15.8. The highest BCUT2D eigenvalue weighted by molar-refractivity contribution is 6.44. The number of amides is 2. The Kier molecular flexibility index (Phi) is 7.50. The zero-order valence-corrected chi connectivity index (χ0v) is 13.4. The Morgan fingerprint density at radius 2 is 1.81 bits per heavy atom. The van der Waals surface area contributed by atoms with Gasteiger partial charge in [0.2, 0.25) is 0 Å². The average Bonchev–Trinajstić information content (AvgIpc) is 2.41. The van der Waals surface area contributed by atoms with E-state index in [2.05, 4.69) is 10.6 Å². The van der Waals surface area contributed by atoms with Crippen LogP contribution in [0.1, 0.15) is 20.3 Å². The molecule has 21 heavy (non-hydrogen) atoms. The molecular weight excluding hydrogens is 315 g/mol. The van der Waals surface area contributed by atoms with Crippen LogP contribution >= 0.6 is 23.2 Å². The van der Waals surface area contributed by atoms with Crippen LogP contribution < -0.4 is 10.6 Å². The molecule has 0 spiro atoms. The number of ether oxygens (including phenoxy) is 1. The predicted molar refractivity (Wildman–Crippen MR) is 83.8 cm³/mol. The monoisotopic (exact) mass is 332 g/mol. The second kappa shape index (κ2) is 8.87. The maximum absolute atomic E-state index is 11.7. The van der Waals surface area contributed by atoms with Crippen molar-refractivity contribution in [2.45, 2.75) is 26.4 Å². The molecule has 0 unspecified atom stereocenters. The Bertz CT molecular complexity index is 487. The molecule has 0 aliphatic rings. The smallest absolute Gasteiger partial charge is 0.313 e. The minimum absolute atomic E-state index is 0.145. The van der Waals surface area contributed by atoms with E-state index in [4.69, 9.17) is 27.9 Å². The summed E-state index contributed by atoms with van der Waals surface area (Å²) in [5.74, 6) is -1.55. The largest absolute Gasteiger partial charge is 0.379 e. The van der Waals surface area contributed by atoms with Gasteiger partial charge in [0.25, 0.3) is 0 Å². The van der Waals surface area contributed by atoms with Gasteiger partial charge < -0.3 is 15.4 Å². The van der Waals surface area contributed by atoms with Crippen LogP contribution in [0.2, 0.25) is 10.0 Å². The fourth-order valence-electron chi connectivity index (χ4n) is 1.46. The quantitative estimate of drug-likeness (QED) is 0.621. The Morgan fingerprint density at radius 1 is 1.19 bits per heavy atom. The molecule has 0 aliphatic carbocycles. The summed E-state index contributed by atoms with van der Waals surface area (Å²) in [4.78, 5) is 23.3. The topological polar surface area (TPSA) is 67.4 Å². The summed E-state index contributed by atoms with van der Waals surface area (Å²) in [6.07, 6.45) is 0.774. The number of carbonyl (C=O) groups excluding carboxylic acids is 2. The molecule has 0 aromatic heterocycles. The second-order valence-electron chi connectivity index (χ2n) is 4.58. The number of halogens is 2. The average molecular weight is 333 g/mol. The molecule has 1 rings (SSSR count). The van der Waals surface area contributed by atoms with Crippen LogP contribution in [0, 0.1) is 0 Å². The number of hydrogen-bond donors (Lipinski definition) is 2. The van der Waals surface area contributed by atoms with Gasteiger partial charge in [0.05, 0.1) is 21.8 Å². The van der Waals surface area contributed by atoms with Crippen LogP contribution in [0.25, 0.3) is 0 Å². The van der Waals surface area contributed by atoms with Crippen molar-refractivity contribution in [3.8, 4) is 0 Å². The number of anilines is 1. The van der Waals surface area contributed by atoms with Gasteiger partial charge >= 0.3 is 11.8 Å². The molecule has 0 aliphatic heterocycles. The molecule has 0 fully saturated rings. The summed E-state index contributed by atoms with van der Waals surface area (Å²) in [6, 6.07) is 4.80. The van der Waals surface area contributed by atoms with Gasteiger partial charge in [0.15, 0.2) is 0 Å². The molecule has 2 amide bonds. The summed E-state index contributed by atoms with van der Waals surface area (Å²) >= 11 is 11.8. The molecule has 0 atom stereocenters. The van der Waals surface area contributed by atoms with Crippen molar-refractivity contribution in [1.82, 2.24) is 5.32 Å². The lowest BCUT2D eigenvalue weighted by Crippen LogP contribution is -2.36. The highest BCUT2D eigenvalue weighted by Crippen LogP contribution is 2.29. The van der Waals surface area contributed by atoms with Gasteiger partial charge in [-0.15, -0.1) is 0 Å². The van der Waals surface area contributed by atoms with Gasteiger partial charge in [-0.1, -0.05) is 29.3 Å². The van der Waals surface area contributed by atoms with E-state index >= 15 is 0 Å². The Hall–Kier alpha value is -1.30. The molecule has 0 bridgehead atoms. The number of carbonyl (C=O) groups is 2. The lowest BCUT2D eigenvalue weighted by molar-refractivity contribution is -0.136. The van der Waals surface area contributed by atoms with Crippen LogP contribution in [-0.2, 0) is 14.3 Å². The molecule has 1 aromatic carbocycles. The highest BCUT2D eigenvalue weighted by atomic mass is 35.5. The lowest BCUT2D eigenvalue weighted by atomic mass is 10.3.